The molecule has 7 heteroatoms. The molecule has 15 rings (SSSR count). The molecule has 0 bridgehead atoms. The van der Waals surface area contributed by atoms with Gasteiger partial charge in [0.15, 0.2) is 17.5 Å². The first kappa shape index (κ1) is 38.9. The summed E-state index contributed by atoms with van der Waals surface area (Å²) in [6, 6.07) is 79.8. The summed E-state index contributed by atoms with van der Waals surface area (Å²) in [6.45, 7) is 0. The van der Waals surface area contributed by atoms with Crippen LogP contribution in [0.4, 0.5) is 0 Å². The summed E-state index contributed by atoms with van der Waals surface area (Å²) in [5.41, 5.74) is 13.5. The van der Waals surface area contributed by atoms with Crippen molar-refractivity contribution in [3.8, 4) is 56.7 Å². The van der Waals surface area contributed by atoms with E-state index in [1.54, 1.807) is 11.3 Å². The topological polar surface area (TPSA) is 61.7 Å². The van der Waals surface area contributed by atoms with Gasteiger partial charge in [-0.2, -0.15) is 0 Å². The molecule has 326 valence electrons. The fourth-order valence-electron chi connectivity index (χ4n) is 10.8. The SMILES string of the molecule is c1ccc(-c2nc(-c3ccc4c(c3)sc3ccccc34)nc(-c3cccc4oc5ccc(-c6ccc7c(c6)c6ccc8c9ccccc9n(-c9ccccc9)c8c6n7-c6ccccc6)cc5c34)n2)cc1. The first-order chi connectivity index (χ1) is 34.7. The summed E-state index contributed by atoms with van der Waals surface area (Å²) in [5.74, 6) is 1.83. The van der Waals surface area contributed by atoms with Gasteiger partial charge in [0, 0.05) is 80.6 Å². The Morgan fingerprint density at radius 2 is 0.886 bits per heavy atom. The van der Waals surface area contributed by atoms with E-state index in [4.69, 9.17) is 19.4 Å². The van der Waals surface area contributed by atoms with Gasteiger partial charge < -0.3 is 13.6 Å². The molecule has 0 fully saturated rings. The molecule has 0 aliphatic rings. The van der Waals surface area contributed by atoms with E-state index in [1.807, 2.05) is 30.3 Å². The number of benzene rings is 10. The van der Waals surface area contributed by atoms with Crippen LogP contribution in [0.25, 0.3) is 142 Å². The predicted molar refractivity (Wildman–Crippen MR) is 290 cm³/mol. The molecular formula is C63H37N5OS. The Morgan fingerprint density at radius 1 is 0.329 bits per heavy atom. The minimum atomic E-state index is 0.591. The Balaban J connectivity index is 0.928. The lowest BCUT2D eigenvalue weighted by Gasteiger charge is -2.12. The lowest BCUT2D eigenvalue weighted by molar-refractivity contribution is 0.669. The Hall–Kier alpha value is -9.17. The molecule has 0 atom stereocenters. The van der Waals surface area contributed by atoms with Gasteiger partial charge in [-0.3, -0.25) is 0 Å². The van der Waals surface area contributed by atoms with Gasteiger partial charge in [-0.25, -0.2) is 15.0 Å². The van der Waals surface area contributed by atoms with Crippen molar-refractivity contribution >= 4 is 97.1 Å². The molecule has 15 aromatic rings. The van der Waals surface area contributed by atoms with Crippen molar-refractivity contribution in [2.75, 3.05) is 0 Å². The van der Waals surface area contributed by atoms with Crippen molar-refractivity contribution in [3.63, 3.8) is 0 Å². The van der Waals surface area contributed by atoms with Crippen LogP contribution >= 0.6 is 11.3 Å². The van der Waals surface area contributed by atoms with Gasteiger partial charge in [0.2, 0.25) is 0 Å². The second-order valence-electron chi connectivity index (χ2n) is 17.9. The highest BCUT2D eigenvalue weighted by molar-refractivity contribution is 7.25. The van der Waals surface area contributed by atoms with Crippen molar-refractivity contribution in [1.29, 1.82) is 0 Å². The van der Waals surface area contributed by atoms with Crippen LogP contribution in [-0.4, -0.2) is 24.1 Å². The minimum Gasteiger partial charge on any atom is -0.456 e. The average Bonchev–Trinajstić information content (AvgIpc) is 4.18. The smallest absolute Gasteiger partial charge is 0.164 e. The Morgan fingerprint density at radius 3 is 1.64 bits per heavy atom. The van der Waals surface area contributed by atoms with Gasteiger partial charge >= 0.3 is 0 Å². The van der Waals surface area contributed by atoms with Crippen molar-refractivity contribution in [2.45, 2.75) is 0 Å². The van der Waals surface area contributed by atoms with E-state index in [0.717, 1.165) is 66.6 Å². The summed E-state index contributed by atoms with van der Waals surface area (Å²) in [7, 11) is 0. The molecule has 0 amide bonds. The predicted octanol–water partition coefficient (Wildman–Crippen LogP) is 17.0. The second-order valence-corrected chi connectivity index (χ2v) is 19.0. The van der Waals surface area contributed by atoms with Crippen LogP contribution in [-0.2, 0) is 0 Å². The van der Waals surface area contributed by atoms with E-state index in [-0.39, 0.29) is 0 Å². The fraction of sp³-hybridized carbons (Fsp3) is 0. The molecule has 10 aromatic carbocycles. The average molecular weight is 912 g/mol. The number of para-hydroxylation sites is 3. The molecule has 5 aromatic heterocycles. The third-order valence-electron chi connectivity index (χ3n) is 14.0. The summed E-state index contributed by atoms with van der Waals surface area (Å²) >= 11 is 1.79. The number of thiophene rings is 1. The van der Waals surface area contributed by atoms with Crippen LogP contribution in [0.5, 0.6) is 0 Å². The van der Waals surface area contributed by atoms with Crippen molar-refractivity contribution in [2.24, 2.45) is 0 Å². The normalized spacial score (nSPS) is 12.0. The second kappa shape index (κ2) is 15.2. The largest absolute Gasteiger partial charge is 0.456 e. The number of nitrogens with zero attached hydrogens (tertiary/aromatic N) is 5. The van der Waals surface area contributed by atoms with Crippen molar-refractivity contribution < 1.29 is 4.42 Å². The highest BCUT2D eigenvalue weighted by atomic mass is 32.1. The van der Waals surface area contributed by atoms with E-state index in [9.17, 15) is 0 Å². The van der Waals surface area contributed by atoms with Crippen LogP contribution in [0.1, 0.15) is 0 Å². The Kier molecular flexibility index (Phi) is 8.43. The molecule has 0 N–H and O–H groups in total. The van der Waals surface area contributed by atoms with Crippen LogP contribution < -0.4 is 0 Å². The first-order valence-corrected chi connectivity index (χ1v) is 24.3. The maximum atomic E-state index is 6.63. The van der Waals surface area contributed by atoms with Crippen LogP contribution in [0.3, 0.4) is 0 Å². The molecule has 6 nitrogen and oxygen atoms in total. The number of hydrogen-bond acceptors (Lipinski definition) is 5. The van der Waals surface area contributed by atoms with Gasteiger partial charge in [-0.05, 0) is 83.9 Å². The third-order valence-corrected chi connectivity index (χ3v) is 15.1. The molecule has 0 unspecified atom stereocenters. The van der Waals surface area contributed by atoms with Crippen molar-refractivity contribution in [3.05, 3.63) is 224 Å². The van der Waals surface area contributed by atoms with Crippen LogP contribution in [0.15, 0.2) is 229 Å². The van der Waals surface area contributed by atoms with E-state index < -0.39 is 0 Å². The van der Waals surface area contributed by atoms with Gasteiger partial charge in [-0.15, -0.1) is 11.3 Å². The standard InChI is InChI=1S/C63H37N5OS/c1-4-15-38(16-5-1)61-64-62(41-27-30-46-45-22-11-13-26-56(45)70-57(46)37-41)66-63(65-61)49-23-14-25-55-58(49)51-36-40(29-34-54(51)69-55)39-28-33-53-50(35-39)48-32-31-47-44-21-10-12-24-52(44)67(42-17-6-2-7-18-42)59(47)60(48)68(53)43-19-8-3-9-20-43/h1-37H. The summed E-state index contributed by atoms with van der Waals surface area (Å²) < 4.78 is 14.0. The fourth-order valence-corrected chi connectivity index (χ4v) is 12.0. The maximum absolute atomic E-state index is 6.63. The summed E-state index contributed by atoms with van der Waals surface area (Å²) in [5, 5.41) is 9.28. The third kappa shape index (κ3) is 5.89. The van der Waals surface area contributed by atoms with E-state index in [0.29, 0.717) is 17.5 Å². The van der Waals surface area contributed by atoms with Gasteiger partial charge in [0.1, 0.15) is 11.2 Å². The number of rotatable bonds is 6. The number of hydrogen-bond donors (Lipinski definition) is 0. The minimum absolute atomic E-state index is 0.591. The zero-order valence-corrected chi connectivity index (χ0v) is 38.2. The molecule has 70 heavy (non-hydrogen) atoms. The maximum Gasteiger partial charge on any atom is 0.164 e. The van der Waals surface area contributed by atoms with Gasteiger partial charge in [0.25, 0.3) is 0 Å². The zero-order chi connectivity index (χ0) is 45.9. The Labute approximate surface area is 404 Å². The molecular weight excluding hydrogens is 875 g/mol. The lowest BCUT2D eigenvalue weighted by Crippen LogP contribution is -2.00. The molecule has 0 aliphatic heterocycles. The van der Waals surface area contributed by atoms with Crippen LogP contribution in [0, 0.1) is 0 Å². The molecule has 0 radical (unpaired) electrons. The summed E-state index contributed by atoms with van der Waals surface area (Å²) in [4.78, 5) is 15.6. The quantitative estimate of drug-likeness (QED) is 0.167. The van der Waals surface area contributed by atoms with E-state index in [2.05, 4.69) is 203 Å². The molecule has 5 heterocycles. The summed E-state index contributed by atoms with van der Waals surface area (Å²) in [6.07, 6.45) is 0. The highest BCUT2D eigenvalue weighted by Gasteiger charge is 2.23. The van der Waals surface area contributed by atoms with E-state index >= 15 is 0 Å². The molecule has 0 saturated heterocycles. The van der Waals surface area contributed by atoms with Crippen molar-refractivity contribution in [1.82, 2.24) is 24.1 Å². The molecule has 0 saturated carbocycles. The number of fused-ring (bicyclic) bond motifs is 13. The first-order valence-electron chi connectivity index (χ1n) is 23.5. The van der Waals surface area contributed by atoms with Gasteiger partial charge in [0.05, 0.1) is 22.1 Å². The van der Waals surface area contributed by atoms with E-state index in [1.165, 1.54) is 58.3 Å². The Bertz CT molecular complexity index is 4590. The van der Waals surface area contributed by atoms with Crippen LogP contribution in [0.2, 0.25) is 0 Å². The molecule has 0 spiro atoms. The highest BCUT2D eigenvalue weighted by Crippen LogP contribution is 2.44. The lowest BCUT2D eigenvalue weighted by atomic mass is 9.99. The van der Waals surface area contributed by atoms with Gasteiger partial charge in [-0.1, -0.05) is 152 Å². The zero-order valence-electron chi connectivity index (χ0n) is 37.4. The number of furan rings is 1. The number of aromatic nitrogens is 5. The molecule has 0 aliphatic carbocycles. The monoisotopic (exact) mass is 911 g/mol.